The van der Waals surface area contributed by atoms with Gasteiger partial charge in [0.15, 0.2) is 0 Å². The van der Waals surface area contributed by atoms with Crippen LogP contribution in [0.15, 0.2) is 115 Å². The van der Waals surface area contributed by atoms with Crippen LogP contribution in [0.2, 0.25) is 0 Å². The van der Waals surface area contributed by atoms with Crippen molar-refractivity contribution < 1.29 is 0 Å². The number of rotatable bonds is 3. The largest absolute Gasteiger partial charge is 0.474 e. The van der Waals surface area contributed by atoms with Crippen LogP contribution in [0.25, 0.3) is 11.0 Å². The maximum absolute atomic E-state index is 2.38. The Bertz CT molecular complexity index is 1200. The van der Waals surface area contributed by atoms with Crippen molar-refractivity contribution in [3.63, 3.8) is 0 Å². The van der Waals surface area contributed by atoms with E-state index in [0.29, 0.717) is 0 Å². The van der Waals surface area contributed by atoms with Crippen molar-refractivity contribution in [1.29, 1.82) is 0 Å². The summed E-state index contributed by atoms with van der Waals surface area (Å²) < 4.78 is 0.770. The molecule has 4 aromatic rings. The summed E-state index contributed by atoms with van der Waals surface area (Å²) in [6.07, 6.45) is -1.35. The lowest BCUT2D eigenvalue weighted by Crippen LogP contribution is -2.80. The number of hydrogen-bond donors (Lipinski definition) is 0. The van der Waals surface area contributed by atoms with E-state index in [1.807, 2.05) is 0 Å². The summed E-state index contributed by atoms with van der Waals surface area (Å²) in [6, 6.07) is 42.1. The van der Waals surface area contributed by atoms with Crippen LogP contribution < -0.4 is 15.3 Å². The highest BCUT2D eigenvalue weighted by atomic mass is 15.3. The van der Waals surface area contributed by atoms with E-state index in [-0.39, 0.29) is 0 Å². The summed E-state index contributed by atoms with van der Waals surface area (Å²) in [5, 5.41) is 0. The average Bonchev–Trinajstić information content (AvgIpc) is 2.83. The lowest BCUT2D eigenvalue weighted by atomic mass is 9.19. The first kappa shape index (κ1) is 19.6. The molecule has 1 nitrogen and oxygen atoms in total. The zero-order chi connectivity index (χ0) is 21.5. The van der Waals surface area contributed by atoms with Crippen LogP contribution in [0, 0.1) is 0 Å². The minimum absolute atomic E-state index is 0.770. The van der Waals surface area contributed by atoms with Gasteiger partial charge in [-0.15, -0.1) is 16.4 Å². The third-order valence-electron chi connectivity index (χ3n) is 7.37. The Labute approximate surface area is 185 Å². The Kier molecular flexibility index (Phi) is 4.68. The van der Waals surface area contributed by atoms with Crippen molar-refractivity contribution in [2.75, 3.05) is 14.1 Å². The molecule has 0 N–H and O–H groups in total. The third-order valence-corrected chi connectivity index (χ3v) is 7.37. The van der Waals surface area contributed by atoms with Crippen LogP contribution >= 0.6 is 0 Å². The molecule has 5 rings (SSSR count). The Morgan fingerprint density at radius 1 is 0.548 bits per heavy atom. The van der Waals surface area contributed by atoms with E-state index in [0.717, 1.165) is 4.39 Å². The van der Waals surface area contributed by atoms with Gasteiger partial charge >= 0.3 is 0 Å². The Morgan fingerprint density at radius 2 is 1.00 bits per heavy atom. The second-order valence-corrected chi connectivity index (χ2v) is 9.10. The molecule has 0 bridgehead atoms. The summed E-state index contributed by atoms with van der Waals surface area (Å²) in [5.74, 6) is 0. The molecule has 31 heavy (non-hydrogen) atoms. The second kappa shape index (κ2) is 7.41. The highest BCUT2D eigenvalue weighted by Crippen LogP contribution is 2.47. The molecule has 4 aromatic carbocycles. The number of fused-ring (bicyclic) bond motifs is 1. The first-order chi connectivity index (χ1) is 15.1. The minimum atomic E-state index is -1.35. The second-order valence-electron chi connectivity index (χ2n) is 9.10. The number of hydrogen-bond acceptors (Lipinski definition) is 0. The van der Waals surface area contributed by atoms with Gasteiger partial charge in [0.25, 0.3) is 6.28 Å². The van der Waals surface area contributed by atoms with Crippen LogP contribution in [-0.4, -0.2) is 20.4 Å². The summed E-state index contributed by atoms with van der Waals surface area (Å²) in [5.41, 5.74) is 9.54. The SMILES string of the molecule is CC1=C(c2ccccc2)[B-](c2ccccc2)(c2ccccc2)[N+](C)(C)c2ccccc21. The van der Waals surface area contributed by atoms with Gasteiger partial charge in [-0.1, -0.05) is 114 Å². The maximum atomic E-state index is 2.38. The Morgan fingerprint density at radius 3 is 1.55 bits per heavy atom. The van der Waals surface area contributed by atoms with Gasteiger partial charge in [-0.25, -0.2) is 0 Å². The topological polar surface area (TPSA) is 0 Å². The molecule has 0 saturated carbocycles. The van der Waals surface area contributed by atoms with E-state index < -0.39 is 6.28 Å². The highest BCUT2D eigenvalue weighted by Gasteiger charge is 2.52. The fourth-order valence-electron chi connectivity index (χ4n) is 6.09. The standard InChI is InChI=1S/C29H28BN/c1-23-27-21-13-14-22-28(27)31(2,3)30(25-17-9-5-10-18-25,26-19-11-6-12-20-26)29(23)24-15-7-4-8-16-24/h4-22H,1-3H3. The zero-order valence-electron chi connectivity index (χ0n) is 18.5. The summed E-state index contributed by atoms with van der Waals surface area (Å²) in [7, 11) is 4.77. The van der Waals surface area contributed by atoms with Gasteiger partial charge in [0.1, 0.15) is 0 Å². The molecule has 152 valence electrons. The van der Waals surface area contributed by atoms with Gasteiger partial charge in [0, 0.05) is 19.7 Å². The van der Waals surface area contributed by atoms with Crippen LogP contribution in [0.5, 0.6) is 0 Å². The van der Waals surface area contributed by atoms with Gasteiger partial charge in [0.2, 0.25) is 0 Å². The summed E-state index contributed by atoms with van der Waals surface area (Å²) in [6.45, 7) is 2.31. The predicted octanol–water partition coefficient (Wildman–Crippen LogP) is 5.50. The molecule has 0 atom stereocenters. The molecule has 1 aliphatic heterocycles. The number of quaternary nitrogens is 1. The van der Waals surface area contributed by atoms with Crippen molar-refractivity contribution in [1.82, 2.24) is 4.39 Å². The monoisotopic (exact) mass is 401 g/mol. The predicted molar refractivity (Wildman–Crippen MR) is 137 cm³/mol. The van der Waals surface area contributed by atoms with Gasteiger partial charge < -0.3 is 4.39 Å². The molecule has 1 aliphatic rings. The number of nitrogens with zero attached hydrogens (tertiary/aromatic N) is 1. The van der Waals surface area contributed by atoms with E-state index >= 15 is 0 Å². The normalized spacial score (nSPS) is 16.6. The number of benzene rings is 4. The van der Waals surface area contributed by atoms with E-state index in [1.165, 1.54) is 38.8 Å². The van der Waals surface area contributed by atoms with E-state index in [4.69, 9.17) is 0 Å². The molecular weight excluding hydrogens is 373 g/mol. The van der Waals surface area contributed by atoms with Gasteiger partial charge in [-0.2, -0.15) is 0 Å². The molecule has 0 aliphatic carbocycles. The minimum Gasteiger partial charge on any atom is -0.474 e. The van der Waals surface area contributed by atoms with Crippen LogP contribution in [0.4, 0.5) is 5.69 Å². The molecule has 1 heterocycles. The molecule has 0 spiro atoms. The van der Waals surface area contributed by atoms with Crippen LogP contribution in [-0.2, 0) is 0 Å². The molecule has 0 saturated heterocycles. The number of allylic oxidation sites excluding steroid dienone is 1. The zero-order valence-corrected chi connectivity index (χ0v) is 18.5. The molecule has 2 heteroatoms. The lowest BCUT2D eigenvalue weighted by molar-refractivity contribution is 0.610. The van der Waals surface area contributed by atoms with Crippen molar-refractivity contribution in [2.24, 2.45) is 0 Å². The molecule has 0 unspecified atom stereocenters. The summed E-state index contributed by atoms with van der Waals surface area (Å²) >= 11 is 0. The molecule has 0 amide bonds. The van der Waals surface area contributed by atoms with Crippen molar-refractivity contribution in [3.05, 3.63) is 126 Å². The first-order valence-electron chi connectivity index (χ1n) is 11.1. The van der Waals surface area contributed by atoms with Crippen LogP contribution in [0.3, 0.4) is 0 Å². The molecule has 0 aromatic heterocycles. The first-order valence-corrected chi connectivity index (χ1v) is 11.1. The third kappa shape index (κ3) is 2.75. The fraction of sp³-hybridized carbons (Fsp3) is 0.103. The van der Waals surface area contributed by atoms with Gasteiger partial charge in [0.05, 0.1) is 5.69 Å². The molecule has 0 radical (unpaired) electrons. The van der Waals surface area contributed by atoms with Crippen molar-refractivity contribution in [3.8, 4) is 0 Å². The van der Waals surface area contributed by atoms with Gasteiger partial charge in [-0.3, -0.25) is 0 Å². The quantitative estimate of drug-likeness (QED) is 0.398. The fourth-order valence-corrected chi connectivity index (χ4v) is 6.09. The van der Waals surface area contributed by atoms with Crippen molar-refractivity contribution in [2.45, 2.75) is 6.92 Å². The Hall–Kier alpha value is -3.36. The Balaban J connectivity index is 2.02. The number of para-hydroxylation sites is 1. The average molecular weight is 401 g/mol. The maximum Gasteiger partial charge on any atom is 0.296 e. The smallest absolute Gasteiger partial charge is 0.296 e. The van der Waals surface area contributed by atoms with E-state index in [9.17, 15) is 0 Å². The van der Waals surface area contributed by atoms with Crippen LogP contribution in [0.1, 0.15) is 18.1 Å². The van der Waals surface area contributed by atoms with E-state index in [2.05, 4.69) is 136 Å². The summed E-state index contributed by atoms with van der Waals surface area (Å²) in [4.78, 5) is 0. The van der Waals surface area contributed by atoms with E-state index in [1.54, 1.807) is 0 Å². The van der Waals surface area contributed by atoms with Gasteiger partial charge in [-0.05, 0) is 19.1 Å². The highest BCUT2D eigenvalue weighted by molar-refractivity contribution is 7.16. The van der Waals surface area contributed by atoms with Crippen molar-refractivity contribution >= 4 is 33.9 Å². The molecule has 0 fully saturated rings. The lowest BCUT2D eigenvalue weighted by Gasteiger charge is -2.61. The molecular formula is C29H28BN.